The van der Waals surface area contributed by atoms with Crippen molar-refractivity contribution in [1.29, 1.82) is 0 Å². The van der Waals surface area contributed by atoms with E-state index in [2.05, 4.69) is 47.7 Å². The second kappa shape index (κ2) is 3.84. The number of anilines is 1. The Bertz CT molecular complexity index is 592. The number of hydroxylamine groups is 1. The molecule has 2 aliphatic heterocycles. The minimum absolute atomic E-state index is 0.353. The van der Waals surface area contributed by atoms with E-state index in [1.165, 1.54) is 21.7 Å². The van der Waals surface area contributed by atoms with E-state index in [0.717, 1.165) is 12.8 Å². The third-order valence-corrected chi connectivity index (χ3v) is 5.03. The van der Waals surface area contributed by atoms with Crippen LogP contribution in [0.15, 0.2) is 35.7 Å². The molecule has 0 amide bonds. The van der Waals surface area contributed by atoms with Crippen LogP contribution < -0.4 is 5.06 Å². The molecule has 2 aliphatic rings. The van der Waals surface area contributed by atoms with Crippen molar-refractivity contribution in [3.63, 3.8) is 0 Å². The number of aryl methyl sites for hydroxylation is 1. The number of hydrogen-bond donors (Lipinski definition) is 0. The van der Waals surface area contributed by atoms with Crippen LogP contribution in [0.3, 0.4) is 0 Å². The maximum Gasteiger partial charge on any atom is 0.0935 e. The summed E-state index contributed by atoms with van der Waals surface area (Å²) in [5.74, 6) is 0. The van der Waals surface area contributed by atoms with Crippen LogP contribution in [-0.4, -0.2) is 6.10 Å². The van der Waals surface area contributed by atoms with E-state index >= 15 is 0 Å². The summed E-state index contributed by atoms with van der Waals surface area (Å²) in [6, 6.07) is 11.2. The Labute approximate surface area is 111 Å². The SMILES string of the molecule is Cc1ccsc1[C@@H]1C[C@@H]2Cc3ccccc3N1O2. The highest BCUT2D eigenvalue weighted by Crippen LogP contribution is 2.46. The fraction of sp³-hybridized carbons (Fsp3) is 0.333. The molecule has 2 aromatic rings. The molecule has 1 aromatic heterocycles. The van der Waals surface area contributed by atoms with Crippen molar-refractivity contribution in [3.05, 3.63) is 51.7 Å². The van der Waals surface area contributed by atoms with E-state index in [1.54, 1.807) is 0 Å². The highest BCUT2D eigenvalue weighted by atomic mass is 32.1. The fourth-order valence-corrected chi connectivity index (χ4v) is 4.07. The van der Waals surface area contributed by atoms with E-state index in [0.29, 0.717) is 12.1 Å². The lowest BCUT2D eigenvalue weighted by atomic mass is 10.0. The summed E-state index contributed by atoms with van der Waals surface area (Å²) in [6.45, 7) is 2.20. The maximum atomic E-state index is 6.06. The topological polar surface area (TPSA) is 12.5 Å². The number of thiophene rings is 1. The monoisotopic (exact) mass is 257 g/mol. The summed E-state index contributed by atoms with van der Waals surface area (Å²) in [6.07, 6.45) is 2.51. The number of nitrogens with zero attached hydrogens (tertiary/aromatic N) is 1. The Morgan fingerprint density at radius 2 is 2.17 bits per heavy atom. The first-order valence-corrected chi connectivity index (χ1v) is 7.29. The van der Waals surface area contributed by atoms with Crippen molar-refractivity contribution in [2.75, 3.05) is 5.06 Å². The summed E-state index contributed by atoms with van der Waals surface area (Å²) in [5, 5.41) is 4.32. The number of fused-ring (bicyclic) bond motifs is 4. The zero-order valence-electron chi connectivity index (χ0n) is 10.3. The molecule has 4 rings (SSSR count). The third-order valence-electron chi connectivity index (χ3n) is 3.91. The van der Waals surface area contributed by atoms with E-state index < -0.39 is 0 Å². The van der Waals surface area contributed by atoms with Gasteiger partial charge in [-0.25, -0.2) is 5.06 Å². The predicted molar refractivity (Wildman–Crippen MR) is 73.9 cm³/mol. The third kappa shape index (κ3) is 1.44. The number of hydrogen-bond acceptors (Lipinski definition) is 3. The lowest BCUT2D eigenvalue weighted by Gasteiger charge is -2.29. The summed E-state index contributed by atoms with van der Waals surface area (Å²) in [4.78, 5) is 7.51. The van der Waals surface area contributed by atoms with Crippen molar-refractivity contribution >= 4 is 17.0 Å². The summed E-state index contributed by atoms with van der Waals surface area (Å²) in [5.41, 5.74) is 4.06. The lowest BCUT2D eigenvalue weighted by molar-refractivity contribution is 0.0735. The quantitative estimate of drug-likeness (QED) is 0.769. The van der Waals surface area contributed by atoms with Gasteiger partial charge in [-0.3, -0.25) is 4.84 Å². The molecule has 1 saturated heterocycles. The Morgan fingerprint density at radius 1 is 1.28 bits per heavy atom. The van der Waals surface area contributed by atoms with Gasteiger partial charge >= 0.3 is 0 Å². The van der Waals surface area contributed by atoms with Gasteiger partial charge in [-0.1, -0.05) is 18.2 Å². The Morgan fingerprint density at radius 3 is 3.00 bits per heavy atom. The van der Waals surface area contributed by atoms with Crippen molar-refractivity contribution in [1.82, 2.24) is 0 Å². The maximum absolute atomic E-state index is 6.06. The van der Waals surface area contributed by atoms with Crippen LogP contribution in [0.5, 0.6) is 0 Å². The summed E-state index contributed by atoms with van der Waals surface area (Å²) >= 11 is 1.85. The molecule has 1 aromatic carbocycles. The molecule has 2 nitrogen and oxygen atoms in total. The van der Waals surface area contributed by atoms with Crippen LogP contribution in [0, 0.1) is 6.92 Å². The zero-order chi connectivity index (χ0) is 12.1. The van der Waals surface area contributed by atoms with Crippen LogP contribution in [-0.2, 0) is 11.3 Å². The molecule has 2 bridgehead atoms. The highest BCUT2D eigenvalue weighted by Gasteiger charge is 2.40. The molecule has 92 valence electrons. The smallest absolute Gasteiger partial charge is 0.0935 e. The molecule has 0 radical (unpaired) electrons. The van der Waals surface area contributed by atoms with Crippen molar-refractivity contribution < 1.29 is 4.84 Å². The minimum atomic E-state index is 0.353. The summed E-state index contributed by atoms with van der Waals surface area (Å²) < 4.78 is 0. The van der Waals surface area contributed by atoms with Crippen LogP contribution in [0.2, 0.25) is 0 Å². The van der Waals surface area contributed by atoms with Gasteiger partial charge in [0.05, 0.1) is 17.8 Å². The predicted octanol–water partition coefficient (Wildman–Crippen LogP) is 3.86. The van der Waals surface area contributed by atoms with Gasteiger partial charge < -0.3 is 0 Å². The molecule has 0 aliphatic carbocycles. The molecule has 0 unspecified atom stereocenters. The standard InChI is InChI=1S/C15H15NOS/c1-10-6-7-18-15(10)14-9-12-8-11-4-2-3-5-13(11)16(14)17-12/h2-7,12,14H,8-9H2,1H3/t12-,14-/m0/s1. The molecular weight excluding hydrogens is 242 g/mol. The van der Waals surface area contributed by atoms with Crippen molar-refractivity contribution in [3.8, 4) is 0 Å². The van der Waals surface area contributed by atoms with Gasteiger partial charge in [-0.15, -0.1) is 11.3 Å². The lowest BCUT2D eigenvalue weighted by Crippen LogP contribution is -2.27. The van der Waals surface area contributed by atoms with E-state index in [4.69, 9.17) is 4.84 Å². The largest absolute Gasteiger partial charge is 0.269 e. The minimum Gasteiger partial charge on any atom is -0.269 e. The van der Waals surface area contributed by atoms with Crippen molar-refractivity contribution in [2.24, 2.45) is 0 Å². The average molecular weight is 257 g/mol. The van der Waals surface area contributed by atoms with Gasteiger partial charge in [0.25, 0.3) is 0 Å². The van der Waals surface area contributed by atoms with E-state index in [-0.39, 0.29) is 0 Å². The van der Waals surface area contributed by atoms with Gasteiger partial charge in [-0.05, 0) is 35.6 Å². The molecule has 18 heavy (non-hydrogen) atoms. The zero-order valence-corrected chi connectivity index (χ0v) is 11.1. The molecule has 0 spiro atoms. The van der Waals surface area contributed by atoms with Gasteiger partial charge in [0.1, 0.15) is 0 Å². The Kier molecular flexibility index (Phi) is 2.26. The first-order valence-electron chi connectivity index (χ1n) is 6.41. The molecule has 0 N–H and O–H groups in total. The van der Waals surface area contributed by atoms with Crippen LogP contribution in [0.4, 0.5) is 5.69 Å². The normalized spacial score (nSPS) is 25.3. The fourth-order valence-electron chi connectivity index (χ4n) is 3.05. The van der Waals surface area contributed by atoms with Crippen LogP contribution in [0.1, 0.15) is 28.5 Å². The molecule has 3 heterocycles. The highest BCUT2D eigenvalue weighted by molar-refractivity contribution is 7.10. The van der Waals surface area contributed by atoms with Gasteiger partial charge in [0.2, 0.25) is 0 Å². The van der Waals surface area contributed by atoms with Gasteiger partial charge in [-0.2, -0.15) is 0 Å². The van der Waals surface area contributed by atoms with E-state index in [9.17, 15) is 0 Å². The molecule has 2 atom stereocenters. The number of para-hydroxylation sites is 1. The number of rotatable bonds is 1. The molecule has 0 saturated carbocycles. The Hall–Kier alpha value is -1.32. The van der Waals surface area contributed by atoms with Gasteiger partial charge in [0.15, 0.2) is 0 Å². The molecular formula is C15H15NOS. The first kappa shape index (κ1) is 10.6. The number of benzene rings is 1. The second-order valence-electron chi connectivity index (χ2n) is 5.11. The molecule has 3 heteroatoms. The average Bonchev–Trinajstić information content (AvgIpc) is 2.94. The van der Waals surface area contributed by atoms with Crippen molar-refractivity contribution in [2.45, 2.75) is 31.9 Å². The van der Waals surface area contributed by atoms with Crippen LogP contribution >= 0.6 is 11.3 Å². The first-order chi connectivity index (χ1) is 8.83. The van der Waals surface area contributed by atoms with E-state index in [1.807, 2.05) is 11.3 Å². The second-order valence-corrected chi connectivity index (χ2v) is 6.05. The van der Waals surface area contributed by atoms with Crippen LogP contribution in [0.25, 0.3) is 0 Å². The van der Waals surface area contributed by atoms with Gasteiger partial charge in [0, 0.05) is 17.7 Å². The molecule has 1 fully saturated rings. The Balaban J connectivity index is 1.80. The summed E-state index contributed by atoms with van der Waals surface area (Å²) in [7, 11) is 0.